The van der Waals surface area contributed by atoms with E-state index in [1.807, 2.05) is 6.08 Å². The Morgan fingerprint density at radius 1 is 1.29 bits per heavy atom. The van der Waals surface area contributed by atoms with Crippen LogP contribution in [0.4, 0.5) is 0 Å². The number of rotatable bonds is 3. The van der Waals surface area contributed by atoms with Crippen molar-refractivity contribution in [2.24, 2.45) is 0 Å². The summed E-state index contributed by atoms with van der Waals surface area (Å²) in [4.78, 5) is 4.93. The number of halogens is 2. The van der Waals surface area contributed by atoms with Crippen molar-refractivity contribution in [1.29, 1.82) is 0 Å². The highest BCUT2D eigenvalue weighted by molar-refractivity contribution is 6.42. The van der Waals surface area contributed by atoms with Crippen molar-refractivity contribution in [2.75, 3.05) is 32.7 Å². The molecular weight excluding hydrogens is 307 g/mol. The Kier molecular flexibility index (Phi) is 4.46. The normalized spacial score (nSPS) is 26.8. The van der Waals surface area contributed by atoms with E-state index in [0.717, 1.165) is 44.7 Å². The van der Waals surface area contributed by atoms with Crippen LogP contribution in [0.25, 0.3) is 0 Å². The van der Waals surface area contributed by atoms with Crippen molar-refractivity contribution in [3.8, 4) is 5.75 Å². The number of benzene rings is 1. The van der Waals surface area contributed by atoms with Gasteiger partial charge in [-0.1, -0.05) is 29.3 Å². The minimum Gasteiger partial charge on any atom is -0.508 e. The van der Waals surface area contributed by atoms with Gasteiger partial charge in [-0.3, -0.25) is 9.80 Å². The van der Waals surface area contributed by atoms with Crippen LogP contribution in [0.1, 0.15) is 17.9 Å². The summed E-state index contributed by atoms with van der Waals surface area (Å²) in [7, 11) is 0. The molecule has 0 unspecified atom stereocenters. The fourth-order valence-electron chi connectivity index (χ4n) is 3.61. The van der Waals surface area contributed by atoms with Crippen LogP contribution >= 0.6 is 23.2 Å². The first-order valence-electron chi connectivity index (χ1n) is 7.34. The molecule has 3 nitrogen and oxygen atoms in total. The standard InChI is InChI=1S/C16H20Cl2N2O/c1-2-5-19-6-7-20-9-11(8-12(20)10-19)15-14(21)4-3-13(17)16(15)18/h2-4,11-12,21H,1,5-10H2/t11-,12-/m0/s1. The molecule has 0 aliphatic carbocycles. The Balaban J connectivity index is 1.79. The van der Waals surface area contributed by atoms with Gasteiger partial charge in [-0.2, -0.15) is 0 Å². The molecule has 0 spiro atoms. The van der Waals surface area contributed by atoms with Crippen LogP contribution < -0.4 is 0 Å². The minimum absolute atomic E-state index is 0.255. The third-order valence-electron chi connectivity index (χ3n) is 4.61. The SMILES string of the molecule is C=CCN1CCN2C[C@@H](c3c(O)ccc(Cl)c3Cl)C[C@H]2C1. The molecule has 3 rings (SSSR count). The fourth-order valence-corrected chi connectivity index (χ4v) is 4.09. The van der Waals surface area contributed by atoms with Crippen LogP contribution in [0.3, 0.4) is 0 Å². The van der Waals surface area contributed by atoms with Crippen LogP contribution in [-0.2, 0) is 0 Å². The molecule has 1 aromatic carbocycles. The zero-order valence-electron chi connectivity index (χ0n) is 11.9. The van der Waals surface area contributed by atoms with Gasteiger partial charge in [0.15, 0.2) is 0 Å². The lowest BCUT2D eigenvalue weighted by molar-refractivity contribution is 0.113. The molecule has 5 heteroatoms. The van der Waals surface area contributed by atoms with Gasteiger partial charge in [-0.25, -0.2) is 0 Å². The number of nitrogens with zero attached hydrogens (tertiary/aromatic N) is 2. The molecule has 1 N–H and O–H groups in total. The van der Waals surface area contributed by atoms with Gasteiger partial charge < -0.3 is 5.11 Å². The average molecular weight is 327 g/mol. The number of piperazine rings is 1. The van der Waals surface area contributed by atoms with Crippen molar-refractivity contribution in [3.05, 3.63) is 40.4 Å². The molecule has 2 aliphatic rings. The summed E-state index contributed by atoms with van der Waals surface area (Å²) in [6.07, 6.45) is 2.98. The maximum Gasteiger partial charge on any atom is 0.120 e. The van der Waals surface area contributed by atoms with Gasteiger partial charge in [0.1, 0.15) is 5.75 Å². The number of fused-ring (bicyclic) bond motifs is 1. The quantitative estimate of drug-likeness (QED) is 0.863. The van der Waals surface area contributed by atoms with E-state index in [0.29, 0.717) is 16.1 Å². The molecule has 0 saturated carbocycles. The maximum atomic E-state index is 10.2. The second kappa shape index (κ2) is 6.17. The van der Waals surface area contributed by atoms with Gasteiger partial charge in [0.25, 0.3) is 0 Å². The van der Waals surface area contributed by atoms with E-state index in [1.165, 1.54) is 0 Å². The maximum absolute atomic E-state index is 10.2. The van der Waals surface area contributed by atoms with E-state index in [4.69, 9.17) is 23.2 Å². The monoisotopic (exact) mass is 326 g/mol. The molecule has 2 fully saturated rings. The molecule has 0 radical (unpaired) electrons. The second-order valence-electron chi connectivity index (χ2n) is 5.92. The van der Waals surface area contributed by atoms with Gasteiger partial charge in [-0.05, 0) is 18.6 Å². The Morgan fingerprint density at radius 3 is 2.86 bits per heavy atom. The molecular formula is C16H20Cl2N2O. The van der Waals surface area contributed by atoms with Crippen LogP contribution in [-0.4, -0.2) is 53.7 Å². The van der Waals surface area contributed by atoms with Crippen molar-refractivity contribution < 1.29 is 5.11 Å². The molecule has 1 aromatic rings. The van der Waals surface area contributed by atoms with Crippen LogP contribution in [0.15, 0.2) is 24.8 Å². The highest BCUT2D eigenvalue weighted by Crippen LogP contribution is 2.43. The van der Waals surface area contributed by atoms with Crippen LogP contribution in [0.2, 0.25) is 10.0 Å². The molecule has 0 aromatic heterocycles. The lowest BCUT2D eigenvalue weighted by Gasteiger charge is -2.36. The summed E-state index contributed by atoms with van der Waals surface area (Å²) >= 11 is 12.4. The summed E-state index contributed by atoms with van der Waals surface area (Å²) in [6, 6.07) is 3.82. The molecule has 2 heterocycles. The third kappa shape index (κ3) is 2.93. The lowest BCUT2D eigenvalue weighted by Crippen LogP contribution is -2.49. The average Bonchev–Trinajstić information content (AvgIpc) is 2.86. The molecule has 2 saturated heterocycles. The Hall–Kier alpha value is -0.740. The van der Waals surface area contributed by atoms with E-state index in [9.17, 15) is 5.11 Å². The number of aromatic hydroxyl groups is 1. The predicted molar refractivity (Wildman–Crippen MR) is 87.5 cm³/mol. The highest BCUT2D eigenvalue weighted by atomic mass is 35.5. The van der Waals surface area contributed by atoms with Crippen LogP contribution in [0, 0.1) is 0 Å². The van der Waals surface area contributed by atoms with Crippen LogP contribution in [0.5, 0.6) is 5.75 Å². The first-order chi connectivity index (χ1) is 10.1. The van der Waals surface area contributed by atoms with E-state index < -0.39 is 0 Å². The van der Waals surface area contributed by atoms with E-state index in [2.05, 4.69) is 16.4 Å². The number of hydrogen-bond donors (Lipinski definition) is 1. The van der Waals surface area contributed by atoms with Gasteiger partial charge in [0, 0.05) is 50.2 Å². The Bertz CT molecular complexity index is 549. The Labute approximate surface area is 135 Å². The van der Waals surface area contributed by atoms with E-state index in [1.54, 1.807) is 12.1 Å². The molecule has 2 aliphatic heterocycles. The van der Waals surface area contributed by atoms with E-state index in [-0.39, 0.29) is 11.7 Å². The highest BCUT2D eigenvalue weighted by Gasteiger charge is 2.38. The number of phenolic OH excluding ortho intramolecular Hbond substituents is 1. The summed E-state index contributed by atoms with van der Waals surface area (Å²) in [5.74, 6) is 0.516. The van der Waals surface area contributed by atoms with Gasteiger partial charge >= 0.3 is 0 Å². The fraction of sp³-hybridized carbons (Fsp3) is 0.500. The van der Waals surface area contributed by atoms with Crippen molar-refractivity contribution in [3.63, 3.8) is 0 Å². The second-order valence-corrected chi connectivity index (χ2v) is 6.71. The molecule has 0 bridgehead atoms. The van der Waals surface area contributed by atoms with Gasteiger partial charge in [0.2, 0.25) is 0 Å². The zero-order valence-corrected chi connectivity index (χ0v) is 13.4. The summed E-state index contributed by atoms with van der Waals surface area (Å²) < 4.78 is 0. The zero-order chi connectivity index (χ0) is 15.0. The van der Waals surface area contributed by atoms with E-state index >= 15 is 0 Å². The van der Waals surface area contributed by atoms with Crippen molar-refractivity contribution in [2.45, 2.75) is 18.4 Å². The minimum atomic E-state index is 0.255. The van der Waals surface area contributed by atoms with Crippen molar-refractivity contribution >= 4 is 23.2 Å². The number of phenols is 1. The summed E-state index contributed by atoms with van der Waals surface area (Å²) in [6.45, 7) is 8.90. The Morgan fingerprint density at radius 2 is 2.10 bits per heavy atom. The molecule has 21 heavy (non-hydrogen) atoms. The topological polar surface area (TPSA) is 26.7 Å². The largest absolute Gasteiger partial charge is 0.508 e. The third-order valence-corrected chi connectivity index (χ3v) is 5.42. The summed E-state index contributed by atoms with van der Waals surface area (Å²) in [5, 5.41) is 11.2. The predicted octanol–water partition coefficient (Wildman–Crippen LogP) is 3.36. The van der Waals surface area contributed by atoms with Crippen molar-refractivity contribution in [1.82, 2.24) is 9.80 Å². The lowest BCUT2D eigenvalue weighted by atomic mass is 9.95. The summed E-state index contributed by atoms with van der Waals surface area (Å²) in [5.41, 5.74) is 0.814. The molecule has 114 valence electrons. The van der Waals surface area contributed by atoms with Gasteiger partial charge in [0.05, 0.1) is 10.0 Å². The first-order valence-corrected chi connectivity index (χ1v) is 8.10. The molecule has 0 amide bonds. The molecule has 2 atom stereocenters. The smallest absolute Gasteiger partial charge is 0.120 e. The van der Waals surface area contributed by atoms with Gasteiger partial charge in [-0.15, -0.1) is 6.58 Å². The first kappa shape index (κ1) is 15.2. The number of hydrogen-bond acceptors (Lipinski definition) is 3.